The number of rotatable bonds is 2. The summed E-state index contributed by atoms with van der Waals surface area (Å²) < 4.78 is 0. The first-order valence-electron chi connectivity index (χ1n) is 4.43. The third-order valence-electron chi connectivity index (χ3n) is 1.73. The summed E-state index contributed by atoms with van der Waals surface area (Å²) in [6.45, 7) is 6.27. The molecule has 0 fully saturated rings. The van der Waals surface area contributed by atoms with Crippen LogP contribution >= 0.6 is 0 Å². The lowest BCUT2D eigenvalue weighted by Crippen LogP contribution is -2.12. The van der Waals surface area contributed by atoms with Crippen LogP contribution in [0.1, 0.15) is 39.0 Å². The molecule has 0 radical (unpaired) electrons. The Bertz CT molecular complexity index is 253. The molecule has 0 spiro atoms. The van der Waals surface area contributed by atoms with Gasteiger partial charge in [-0.05, 0) is 11.8 Å². The van der Waals surface area contributed by atoms with E-state index in [1.807, 2.05) is 0 Å². The van der Waals surface area contributed by atoms with Gasteiger partial charge in [-0.2, -0.15) is 0 Å². The maximum Gasteiger partial charge on any atom is 0.0980 e. The van der Waals surface area contributed by atoms with Crippen molar-refractivity contribution in [2.45, 2.75) is 33.3 Å². The summed E-state index contributed by atoms with van der Waals surface area (Å²) >= 11 is 0. The molecule has 0 amide bonds. The van der Waals surface area contributed by atoms with Crippen LogP contribution in [0.5, 0.6) is 0 Å². The van der Waals surface area contributed by atoms with Crippen LogP contribution in [0.25, 0.3) is 0 Å². The molecule has 0 bridgehead atoms. The van der Waals surface area contributed by atoms with Crippen molar-refractivity contribution in [3.8, 4) is 0 Å². The molecule has 1 unspecified atom stereocenters. The predicted molar refractivity (Wildman–Crippen MR) is 51.1 cm³/mol. The molecular weight excluding hydrogens is 164 g/mol. The Kier molecular flexibility index (Phi) is 2.98. The smallest absolute Gasteiger partial charge is 0.0980 e. The van der Waals surface area contributed by atoms with Gasteiger partial charge in [0.1, 0.15) is 0 Å². The van der Waals surface area contributed by atoms with Crippen molar-refractivity contribution in [2.75, 3.05) is 0 Å². The summed E-state index contributed by atoms with van der Waals surface area (Å²) in [5.41, 5.74) is 0.758. The second kappa shape index (κ2) is 3.83. The lowest BCUT2D eigenvalue weighted by atomic mass is 9.88. The molecule has 0 saturated heterocycles. The van der Waals surface area contributed by atoms with Gasteiger partial charge >= 0.3 is 0 Å². The molecule has 1 N–H and O–H groups in total. The van der Waals surface area contributed by atoms with Gasteiger partial charge in [-0.3, -0.25) is 9.97 Å². The van der Waals surface area contributed by atoms with Crippen molar-refractivity contribution >= 4 is 0 Å². The summed E-state index contributed by atoms with van der Waals surface area (Å²) in [6, 6.07) is 0. The zero-order valence-corrected chi connectivity index (χ0v) is 8.36. The van der Waals surface area contributed by atoms with E-state index in [1.54, 1.807) is 18.6 Å². The standard InChI is InChI=1S/C10H16N2O/c1-10(2,3)6-9(13)8-7-11-4-5-12-8/h4-5,7,9,13H,6H2,1-3H3. The average molecular weight is 180 g/mol. The summed E-state index contributed by atoms with van der Waals surface area (Å²) in [6.07, 6.45) is 5.00. The van der Waals surface area contributed by atoms with Crippen LogP contribution in [0.4, 0.5) is 0 Å². The van der Waals surface area contributed by atoms with Crippen molar-refractivity contribution in [1.29, 1.82) is 0 Å². The Morgan fingerprint density at radius 1 is 1.38 bits per heavy atom. The minimum absolute atomic E-state index is 0.108. The number of aromatic nitrogens is 2. The van der Waals surface area contributed by atoms with Gasteiger partial charge in [-0.25, -0.2) is 0 Å². The van der Waals surface area contributed by atoms with Crippen LogP contribution < -0.4 is 0 Å². The van der Waals surface area contributed by atoms with Gasteiger partial charge in [0.2, 0.25) is 0 Å². The Hall–Kier alpha value is -0.960. The van der Waals surface area contributed by atoms with Crippen LogP contribution in [0.2, 0.25) is 0 Å². The zero-order valence-electron chi connectivity index (χ0n) is 8.36. The minimum Gasteiger partial charge on any atom is -0.387 e. The Balaban J connectivity index is 2.64. The van der Waals surface area contributed by atoms with Crippen molar-refractivity contribution in [1.82, 2.24) is 9.97 Å². The molecule has 1 heterocycles. The monoisotopic (exact) mass is 180 g/mol. The maximum absolute atomic E-state index is 9.75. The van der Waals surface area contributed by atoms with E-state index in [0.29, 0.717) is 12.1 Å². The van der Waals surface area contributed by atoms with Gasteiger partial charge in [-0.1, -0.05) is 20.8 Å². The molecule has 0 aliphatic heterocycles. The van der Waals surface area contributed by atoms with Crippen molar-refractivity contribution in [3.63, 3.8) is 0 Å². The average Bonchev–Trinajstić information content (AvgIpc) is 2.03. The topological polar surface area (TPSA) is 46.0 Å². The molecule has 1 aromatic rings. The molecule has 1 rings (SSSR count). The number of aliphatic hydroxyl groups is 1. The normalized spacial score (nSPS) is 14.2. The SMILES string of the molecule is CC(C)(C)CC(O)c1cnccn1. The maximum atomic E-state index is 9.75. The van der Waals surface area contributed by atoms with E-state index in [9.17, 15) is 5.11 Å². The van der Waals surface area contributed by atoms with Gasteiger partial charge in [0.05, 0.1) is 18.0 Å². The lowest BCUT2D eigenvalue weighted by molar-refractivity contribution is 0.118. The molecule has 13 heavy (non-hydrogen) atoms. The summed E-state index contributed by atoms with van der Waals surface area (Å²) in [4.78, 5) is 7.96. The van der Waals surface area contributed by atoms with Gasteiger partial charge in [0, 0.05) is 12.4 Å². The fraction of sp³-hybridized carbons (Fsp3) is 0.600. The van der Waals surface area contributed by atoms with Crippen molar-refractivity contribution in [2.24, 2.45) is 5.41 Å². The molecular formula is C10H16N2O. The highest BCUT2D eigenvalue weighted by Crippen LogP contribution is 2.27. The Morgan fingerprint density at radius 2 is 2.08 bits per heavy atom. The number of nitrogens with zero attached hydrogens (tertiary/aromatic N) is 2. The number of aliphatic hydroxyl groups excluding tert-OH is 1. The van der Waals surface area contributed by atoms with Crippen molar-refractivity contribution in [3.05, 3.63) is 24.3 Å². The molecule has 72 valence electrons. The van der Waals surface area contributed by atoms with Crippen LogP contribution in [0.3, 0.4) is 0 Å². The predicted octanol–water partition coefficient (Wildman–Crippen LogP) is 1.95. The Morgan fingerprint density at radius 3 is 2.54 bits per heavy atom. The molecule has 0 saturated carbocycles. The second-order valence-electron chi connectivity index (χ2n) is 4.41. The van der Waals surface area contributed by atoms with Gasteiger partial charge < -0.3 is 5.11 Å². The zero-order chi connectivity index (χ0) is 9.90. The molecule has 0 aliphatic carbocycles. The summed E-state index contributed by atoms with van der Waals surface area (Å²) in [5.74, 6) is 0. The highest BCUT2D eigenvalue weighted by molar-refractivity contribution is 4.99. The molecule has 3 nitrogen and oxygen atoms in total. The highest BCUT2D eigenvalue weighted by Gasteiger charge is 2.18. The number of hydrogen-bond acceptors (Lipinski definition) is 3. The highest BCUT2D eigenvalue weighted by atomic mass is 16.3. The van der Waals surface area contributed by atoms with Gasteiger partial charge in [0.15, 0.2) is 0 Å². The van der Waals surface area contributed by atoms with E-state index in [1.165, 1.54) is 0 Å². The Labute approximate surface area is 78.9 Å². The third-order valence-corrected chi connectivity index (χ3v) is 1.73. The first-order valence-corrected chi connectivity index (χ1v) is 4.43. The van der Waals surface area contributed by atoms with Gasteiger partial charge in [0.25, 0.3) is 0 Å². The summed E-state index contributed by atoms with van der Waals surface area (Å²) in [7, 11) is 0. The van der Waals surface area contributed by atoms with Gasteiger partial charge in [-0.15, -0.1) is 0 Å². The summed E-state index contributed by atoms with van der Waals surface area (Å²) in [5, 5.41) is 9.75. The molecule has 0 aliphatic rings. The van der Waals surface area contributed by atoms with Crippen LogP contribution in [0, 0.1) is 5.41 Å². The fourth-order valence-electron chi connectivity index (χ4n) is 1.17. The lowest BCUT2D eigenvalue weighted by Gasteiger charge is -2.21. The molecule has 0 aromatic carbocycles. The molecule has 1 atom stereocenters. The molecule has 1 aromatic heterocycles. The van der Waals surface area contributed by atoms with E-state index >= 15 is 0 Å². The largest absolute Gasteiger partial charge is 0.387 e. The second-order valence-corrected chi connectivity index (χ2v) is 4.41. The van der Waals surface area contributed by atoms with Crippen LogP contribution in [-0.4, -0.2) is 15.1 Å². The first kappa shape index (κ1) is 10.1. The van der Waals surface area contributed by atoms with E-state index < -0.39 is 6.10 Å². The van der Waals surface area contributed by atoms with E-state index in [4.69, 9.17) is 0 Å². The van der Waals surface area contributed by atoms with Crippen LogP contribution in [-0.2, 0) is 0 Å². The first-order chi connectivity index (χ1) is 5.99. The van der Waals surface area contributed by atoms with E-state index in [-0.39, 0.29) is 5.41 Å². The quantitative estimate of drug-likeness (QED) is 0.756. The third kappa shape index (κ3) is 3.51. The molecule has 3 heteroatoms. The minimum atomic E-state index is -0.506. The number of hydrogen-bond donors (Lipinski definition) is 1. The fourth-order valence-corrected chi connectivity index (χ4v) is 1.17. The van der Waals surface area contributed by atoms with Crippen molar-refractivity contribution < 1.29 is 5.11 Å². The van der Waals surface area contributed by atoms with E-state index in [2.05, 4.69) is 30.7 Å². The van der Waals surface area contributed by atoms with Crippen LogP contribution in [0.15, 0.2) is 18.6 Å². The van der Waals surface area contributed by atoms with E-state index in [0.717, 1.165) is 0 Å².